The Morgan fingerprint density at radius 1 is 1.10 bits per heavy atom. The second kappa shape index (κ2) is 6.07. The molecule has 104 valence electrons. The molecular weight excluding hydrogens is 276 g/mol. The first-order valence-electron chi connectivity index (χ1n) is 6.52. The fourth-order valence-electron chi connectivity index (χ4n) is 2.08. The molecule has 0 bridgehead atoms. The predicted octanol–water partition coefficient (Wildman–Crippen LogP) is 2.33. The van der Waals surface area contributed by atoms with Crippen LogP contribution in [0.2, 0.25) is 5.02 Å². The lowest BCUT2D eigenvalue weighted by Crippen LogP contribution is -2.43. The van der Waals surface area contributed by atoms with Gasteiger partial charge in [-0.2, -0.15) is 0 Å². The standard InChI is InChI=1S/C14H15ClN4O/c15-11-1-3-12(4-2-11)20-14-9-13(17-10-18-14)19-7-5-16-6-8-19/h1-4,9-10,16H,5-8H2. The average Bonchev–Trinajstić information content (AvgIpc) is 2.51. The van der Waals surface area contributed by atoms with Gasteiger partial charge in [0.05, 0.1) is 0 Å². The van der Waals surface area contributed by atoms with Crippen molar-refractivity contribution >= 4 is 17.4 Å². The molecule has 20 heavy (non-hydrogen) atoms. The average molecular weight is 291 g/mol. The van der Waals surface area contributed by atoms with Crippen LogP contribution < -0.4 is 15.0 Å². The van der Waals surface area contributed by atoms with Gasteiger partial charge in [0.15, 0.2) is 0 Å². The van der Waals surface area contributed by atoms with Gasteiger partial charge in [-0.15, -0.1) is 0 Å². The molecular formula is C14H15ClN4O. The summed E-state index contributed by atoms with van der Waals surface area (Å²) in [6.45, 7) is 3.82. The Balaban J connectivity index is 1.75. The molecule has 1 aromatic carbocycles. The summed E-state index contributed by atoms with van der Waals surface area (Å²) in [6.07, 6.45) is 1.53. The van der Waals surface area contributed by atoms with E-state index in [-0.39, 0.29) is 0 Å². The van der Waals surface area contributed by atoms with Crippen molar-refractivity contribution in [3.05, 3.63) is 41.7 Å². The summed E-state index contributed by atoms with van der Waals surface area (Å²) >= 11 is 5.85. The Hall–Kier alpha value is -1.85. The Bertz CT molecular complexity index is 570. The van der Waals surface area contributed by atoms with Gasteiger partial charge in [0.1, 0.15) is 17.9 Å². The van der Waals surface area contributed by atoms with Gasteiger partial charge < -0.3 is 15.0 Å². The Labute approximate surface area is 122 Å². The SMILES string of the molecule is Clc1ccc(Oc2cc(N3CCNCC3)ncn2)cc1. The van der Waals surface area contributed by atoms with E-state index >= 15 is 0 Å². The van der Waals surface area contributed by atoms with Crippen molar-refractivity contribution in [1.82, 2.24) is 15.3 Å². The number of benzene rings is 1. The third-order valence-corrected chi connectivity index (χ3v) is 3.36. The second-order valence-corrected chi connectivity index (χ2v) is 4.94. The van der Waals surface area contributed by atoms with Crippen LogP contribution in [0.4, 0.5) is 5.82 Å². The van der Waals surface area contributed by atoms with Crippen LogP contribution in [0.1, 0.15) is 0 Å². The highest BCUT2D eigenvalue weighted by Crippen LogP contribution is 2.23. The minimum atomic E-state index is 0.538. The number of hydrogen-bond donors (Lipinski definition) is 1. The molecule has 0 spiro atoms. The molecule has 0 aliphatic carbocycles. The van der Waals surface area contributed by atoms with Crippen molar-refractivity contribution in [2.45, 2.75) is 0 Å². The van der Waals surface area contributed by atoms with E-state index in [2.05, 4.69) is 20.2 Å². The number of halogens is 1. The summed E-state index contributed by atoms with van der Waals surface area (Å²) in [5.41, 5.74) is 0. The molecule has 1 saturated heterocycles. The maximum absolute atomic E-state index is 5.85. The molecule has 0 unspecified atom stereocenters. The highest BCUT2D eigenvalue weighted by Gasteiger charge is 2.12. The Morgan fingerprint density at radius 3 is 2.60 bits per heavy atom. The van der Waals surface area contributed by atoms with E-state index < -0.39 is 0 Å². The normalized spacial score (nSPS) is 15.2. The largest absolute Gasteiger partial charge is 0.439 e. The summed E-state index contributed by atoms with van der Waals surface area (Å²) in [7, 11) is 0. The van der Waals surface area contributed by atoms with Crippen LogP contribution in [0.15, 0.2) is 36.7 Å². The molecule has 2 heterocycles. The van der Waals surface area contributed by atoms with Crippen LogP contribution in [0, 0.1) is 0 Å². The van der Waals surface area contributed by atoms with Crippen LogP contribution in [-0.2, 0) is 0 Å². The quantitative estimate of drug-likeness (QED) is 0.940. The number of piperazine rings is 1. The van der Waals surface area contributed by atoms with Gasteiger partial charge in [0.2, 0.25) is 5.88 Å². The lowest BCUT2D eigenvalue weighted by Gasteiger charge is -2.28. The van der Waals surface area contributed by atoms with E-state index in [1.165, 1.54) is 6.33 Å². The lowest BCUT2D eigenvalue weighted by atomic mass is 10.3. The van der Waals surface area contributed by atoms with Gasteiger partial charge in [0.25, 0.3) is 0 Å². The van der Waals surface area contributed by atoms with Gasteiger partial charge in [0, 0.05) is 37.3 Å². The molecule has 0 atom stereocenters. The number of anilines is 1. The van der Waals surface area contributed by atoms with Crippen molar-refractivity contribution in [3.63, 3.8) is 0 Å². The highest BCUT2D eigenvalue weighted by molar-refractivity contribution is 6.30. The van der Waals surface area contributed by atoms with Crippen LogP contribution in [0.3, 0.4) is 0 Å². The maximum atomic E-state index is 5.85. The number of nitrogens with zero attached hydrogens (tertiary/aromatic N) is 3. The summed E-state index contributed by atoms with van der Waals surface area (Å²) in [5.74, 6) is 2.14. The van der Waals surface area contributed by atoms with Crippen molar-refractivity contribution < 1.29 is 4.74 Å². The van der Waals surface area contributed by atoms with Crippen molar-refractivity contribution in [3.8, 4) is 11.6 Å². The molecule has 1 fully saturated rings. The van der Waals surface area contributed by atoms with E-state index in [0.29, 0.717) is 16.7 Å². The number of ether oxygens (including phenoxy) is 1. The third-order valence-electron chi connectivity index (χ3n) is 3.10. The van der Waals surface area contributed by atoms with E-state index in [1.54, 1.807) is 12.1 Å². The zero-order valence-corrected chi connectivity index (χ0v) is 11.7. The molecule has 1 aromatic heterocycles. The molecule has 2 aromatic rings. The molecule has 0 saturated carbocycles. The van der Waals surface area contributed by atoms with Crippen molar-refractivity contribution in [2.75, 3.05) is 31.1 Å². The van der Waals surface area contributed by atoms with Crippen LogP contribution in [0.5, 0.6) is 11.6 Å². The number of rotatable bonds is 3. The number of hydrogen-bond acceptors (Lipinski definition) is 5. The highest BCUT2D eigenvalue weighted by atomic mass is 35.5. The molecule has 1 aliphatic rings. The van der Waals surface area contributed by atoms with E-state index in [4.69, 9.17) is 16.3 Å². The van der Waals surface area contributed by atoms with E-state index in [0.717, 1.165) is 32.0 Å². The Morgan fingerprint density at radius 2 is 1.85 bits per heavy atom. The first kappa shape index (κ1) is 13.1. The minimum absolute atomic E-state index is 0.538. The second-order valence-electron chi connectivity index (χ2n) is 4.51. The molecule has 5 nitrogen and oxygen atoms in total. The molecule has 3 rings (SSSR count). The molecule has 0 radical (unpaired) electrons. The van der Waals surface area contributed by atoms with Crippen molar-refractivity contribution in [1.29, 1.82) is 0 Å². The summed E-state index contributed by atoms with van der Waals surface area (Å²) in [4.78, 5) is 10.7. The number of aromatic nitrogens is 2. The first-order valence-corrected chi connectivity index (χ1v) is 6.90. The first-order chi connectivity index (χ1) is 9.81. The molecule has 1 N–H and O–H groups in total. The number of nitrogens with one attached hydrogen (secondary N) is 1. The van der Waals surface area contributed by atoms with Gasteiger partial charge in [-0.1, -0.05) is 11.6 Å². The van der Waals surface area contributed by atoms with Gasteiger partial charge in [-0.25, -0.2) is 9.97 Å². The molecule has 6 heteroatoms. The molecule has 1 aliphatic heterocycles. The van der Waals surface area contributed by atoms with Gasteiger partial charge in [-0.05, 0) is 24.3 Å². The zero-order valence-electron chi connectivity index (χ0n) is 10.9. The van der Waals surface area contributed by atoms with Crippen molar-refractivity contribution in [2.24, 2.45) is 0 Å². The van der Waals surface area contributed by atoms with Crippen LogP contribution >= 0.6 is 11.6 Å². The van der Waals surface area contributed by atoms with Crippen LogP contribution in [-0.4, -0.2) is 36.1 Å². The van der Waals surface area contributed by atoms with Crippen LogP contribution in [0.25, 0.3) is 0 Å². The molecule has 0 amide bonds. The summed E-state index contributed by atoms with van der Waals surface area (Å²) in [6, 6.07) is 9.06. The smallest absolute Gasteiger partial charge is 0.224 e. The fourth-order valence-corrected chi connectivity index (χ4v) is 2.20. The fraction of sp³-hybridized carbons (Fsp3) is 0.286. The van der Waals surface area contributed by atoms with Gasteiger partial charge >= 0.3 is 0 Å². The van der Waals surface area contributed by atoms with Gasteiger partial charge in [-0.3, -0.25) is 0 Å². The lowest BCUT2D eigenvalue weighted by molar-refractivity contribution is 0.460. The third kappa shape index (κ3) is 3.18. The zero-order chi connectivity index (χ0) is 13.8. The van der Waals surface area contributed by atoms with E-state index in [1.807, 2.05) is 18.2 Å². The summed E-state index contributed by atoms with van der Waals surface area (Å²) < 4.78 is 5.71. The Kier molecular flexibility index (Phi) is 3.99. The maximum Gasteiger partial charge on any atom is 0.224 e. The minimum Gasteiger partial charge on any atom is -0.439 e. The topological polar surface area (TPSA) is 50.3 Å². The predicted molar refractivity (Wildman–Crippen MR) is 78.6 cm³/mol. The van der Waals surface area contributed by atoms with E-state index in [9.17, 15) is 0 Å². The summed E-state index contributed by atoms with van der Waals surface area (Å²) in [5, 5.41) is 4.00. The monoisotopic (exact) mass is 290 g/mol.